The topological polar surface area (TPSA) is 81.7 Å². The Morgan fingerprint density at radius 1 is 0.970 bits per heavy atom. The van der Waals surface area contributed by atoms with Crippen LogP contribution in [0.15, 0.2) is 66.7 Å². The van der Waals surface area contributed by atoms with Gasteiger partial charge in [-0.2, -0.15) is 0 Å². The Morgan fingerprint density at radius 3 is 2.45 bits per heavy atom. The van der Waals surface area contributed by atoms with Crippen LogP contribution in [0.25, 0.3) is 11.1 Å². The Labute approximate surface area is 192 Å². The normalized spacial score (nSPS) is 14.2. The number of benzene rings is 3. The number of hydrogen-bond acceptors (Lipinski definition) is 5. The lowest BCUT2D eigenvalue weighted by atomic mass is 9.95. The van der Waals surface area contributed by atoms with Crippen molar-refractivity contribution in [3.05, 3.63) is 83.4 Å². The average Bonchev–Trinajstić information content (AvgIpc) is 3.24. The number of rotatable bonds is 8. The highest BCUT2D eigenvalue weighted by molar-refractivity contribution is 6.00. The molecular formula is C27H25NO5. The number of Topliss-reactive ketones (excluding diaryl/α,β-unsaturated/α-hetero) is 2. The second-order valence-corrected chi connectivity index (χ2v) is 8.04. The zero-order valence-corrected chi connectivity index (χ0v) is 18.6. The van der Waals surface area contributed by atoms with E-state index in [0.717, 1.165) is 22.4 Å². The van der Waals surface area contributed by atoms with E-state index >= 15 is 0 Å². The van der Waals surface area contributed by atoms with Gasteiger partial charge in [-0.25, -0.2) is 0 Å². The van der Waals surface area contributed by atoms with Crippen LogP contribution in [0.3, 0.4) is 0 Å². The average molecular weight is 443 g/mol. The third-order valence-corrected chi connectivity index (χ3v) is 5.58. The summed E-state index contributed by atoms with van der Waals surface area (Å²) in [4.78, 5) is 35.5. The summed E-state index contributed by atoms with van der Waals surface area (Å²) in [5, 5.41) is 2.84. The molecule has 0 saturated heterocycles. The highest BCUT2D eigenvalue weighted by atomic mass is 16.5. The molecule has 0 aliphatic carbocycles. The zero-order valence-electron chi connectivity index (χ0n) is 18.6. The van der Waals surface area contributed by atoms with Gasteiger partial charge in [0.2, 0.25) is 0 Å². The molecular weight excluding hydrogens is 418 g/mol. The lowest BCUT2D eigenvalue weighted by molar-refractivity contribution is -0.123. The molecule has 1 aliphatic heterocycles. The maximum absolute atomic E-state index is 12.2. The summed E-state index contributed by atoms with van der Waals surface area (Å²) in [5.74, 6) is 1.08. The summed E-state index contributed by atoms with van der Waals surface area (Å²) < 4.78 is 11.5. The largest absolute Gasteiger partial charge is 0.488 e. The van der Waals surface area contributed by atoms with E-state index < -0.39 is 0 Å². The van der Waals surface area contributed by atoms with Gasteiger partial charge >= 0.3 is 0 Å². The van der Waals surface area contributed by atoms with Crippen molar-refractivity contribution in [2.75, 3.05) is 13.2 Å². The Hall–Kier alpha value is -3.93. The molecule has 1 aliphatic rings. The van der Waals surface area contributed by atoms with Gasteiger partial charge in [0.25, 0.3) is 5.91 Å². The minimum Gasteiger partial charge on any atom is -0.488 e. The molecule has 0 spiro atoms. The first-order chi connectivity index (χ1) is 15.9. The number of carbonyl (C=O) groups excluding carboxylic acids is 3. The van der Waals surface area contributed by atoms with Gasteiger partial charge in [0.1, 0.15) is 17.6 Å². The maximum Gasteiger partial charge on any atom is 0.258 e. The molecule has 0 saturated carbocycles. The summed E-state index contributed by atoms with van der Waals surface area (Å²) in [6.45, 7) is 3.31. The van der Waals surface area contributed by atoms with Gasteiger partial charge in [0.15, 0.2) is 18.2 Å². The van der Waals surface area contributed by atoms with E-state index in [1.807, 2.05) is 42.5 Å². The Bertz CT molecular complexity index is 1200. The number of hydrogen-bond donors (Lipinski definition) is 1. The number of carbonyl (C=O) groups is 3. The van der Waals surface area contributed by atoms with E-state index in [4.69, 9.17) is 9.47 Å². The molecule has 0 aromatic heterocycles. The van der Waals surface area contributed by atoms with Crippen LogP contribution >= 0.6 is 0 Å². The van der Waals surface area contributed by atoms with Gasteiger partial charge in [-0.1, -0.05) is 30.3 Å². The van der Waals surface area contributed by atoms with Gasteiger partial charge in [-0.3, -0.25) is 14.4 Å². The van der Waals surface area contributed by atoms with Crippen molar-refractivity contribution in [2.24, 2.45) is 0 Å². The highest BCUT2D eigenvalue weighted by Gasteiger charge is 2.24. The maximum atomic E-state index is 12.2. The van der Waals surface area contributed by atoms with E-state index in [0.29, 0.717) is 29.8 Å². The quantitative estimate of drug-likeness (QED) is 0.526. The van der Waals surface area contributed by atoms with Crippen molar-refractivity contribution in [2.45, 2.75) is 26.4 Å². The first-order valence-corrected chi connectivity index (χ1v) is 10.8. The summed E-state index contributed by atoms with van der Waals surface area (Å²) in [7, 11) is 0. The fraction of sp³-hybridized carbons (Fsp3) is 0.222. The summed E-state index contributed by atoms with van der Waals surface area (Å²) in [5.41, 5.74) is 4.20. The minimum atomic E-state index is -0.249. The predicted molar refractivity (Wildman–Crippen MR) is 125 cm³/mol. The molecule has 1 N–H and O–H groups in total. The van der Waals surface area contributed by atoms with Gasteiger partial charge < -0.3 is 14.8 Å². The summed E-state index contributed by atoms with van der Waals surface area (Å²) >= 11 is 0. The molecule has 6 heteroatoms. The van der Waals surface area contributed by atoms with Crippen LogP contribution in [-0.4, -0.2) is 36.7 Å². The summed E-state index contributed by atoms with van der Waals surface area (Å²) in [6.07, 6.45) is 0.496. The van der Waals surface area contributed by atoms with E-state index in [-0.39, 0.29) is 30.2 Å². The number of nitrogens with one attached hydrogen (secondary N) is 1. The van der Waals surface area contributed by atoms with Crippen molar-refractivity contribution >= 4 is 17.5 Å². The van der Waals surface area contributed by atoms with E-state index in [1.54, 1.807) is 31.2 Å². The standard InChI is InChI=1S/C27H25NO5/c1-17(29)19-7-10-22(11-8-19)32-16-27(31)28-15-23-14-21-13-20(9-12-26(21)33-23)25-6-4-3-5-24(25)18(2)30/h3-13,23H,14-16H2,1-2H3,(H,28,31)/t23-/m1/s1. The van der Waals surface area contributed by atoms with Gasteiger partial charge in [-0.15, -0.1) is 0 Å². The van der Waals surface area contributed by atoms with E-state index in [2.05, 4.69) is 5.32 Å². The second kappa shape index (κ2) is 9.69. The Kier molecular flexibility index (Phi) is 6.54. The zero-order chi connectivity index (χ0) is 23.4. The number of fused-ring (bicyclic) bond motifs is 1. The van der Waals surface area contributed by atoms with Gasteiger partial charge in [-0.05, 0) is 66.9 Å². The number of ether oxygens (including phenoxy) is 2. The molecule has 4 rings (SSSR count). The van der Waals surface area contributed by atoms with Crippen LogP contribution in [-0.2, 0) is 11.2 Å². The molecule has 1 amide bonds. The van der Waals surface area contributed by atoms with Crippen LogP contribution in [0.2, 0.25) is 0 Å². The molecule has 3 aromatic rings. The van der Waals surface area contributed by atoms with Crippen molar-refractivity contribution in [1.82, 2.24) is 5.32 Å². The first kappa shape index (κ1) is 22.3. The van der Waals surface area contributed by atoms with Crippen LogP contribution in [0.5, 0.6) is 11.5 Å². The van der Waals surface area contributed by atoms with Gasteiger partial charge in [0, 0.05) is 17.5 Å². The Balaban J connectivity index is 1.31. The fourth-order valence-electron chi connectivity index (χ4n) is 3.86. The Morgan fingerprint density at radius 2 is 1.73 bits per heavy atom. The molecule has 0 bridgehead atoms. The number of ketones is 2. The molecule has 0 radical (unpaired) electrons. The van der Waals surface area contributed by atoms with E-state index in [1.165, 1.54) is 6.92 Å². The third-order valence-electron chi connectivity index (χ3n) is 5.58. The lowest BCUT2D eigenvalue weighted by Crippen LogP contribution is -2.37. The molecule has 1 atom stereocenters. The van der Waals surface area contributed by atoms with Crippen LogP contribution in [0, 0.1) is 0 Å². The second-order valence-electron chi connectivity index (χ2n) is 8.04. The molecule has 0 unspecified atom stereocenters. The highest BCUT2D eigenvalue weighted by Crippen LogP contribution is 2.34. The first-order valence-electron chi connectivity index (χ1n) is 10.8. The van der Waals surface area contributed by atoms with Crippen molar-refractivity contribution in [3.8, 4) is 22.6 Å². The fourth-order valence-corrected chi connectivity index (χ4v) is 3.86. The van der Waals surface area contributed by atoms with E-state index in [9.17, 15) is 14.4 Å². The third kappa shape index (κ3) is 5.29. The van der Waals surface area contributed by atoms with Crippen molar-refractivity contribution < 1.29 is 23.9 Å². The molecule has 3 aromatic carbocycles. The molecule has 1 heterocycles. The van der Waals surface area contributed by atoms with Crippen LogP contribution < -0.4 is 14.8 Å². The van der Waals surface area contributed by atoms with Crippen molar-refractivity contribution in [1.29, 1.82) is 0 Å². The van der Waals surface area contributed by atoms with Crippen molar-refractivity contribution in [3.63, 3.8) is 0 Å². The van der Waals surface area contributed by atoms with Crippen LogP contribution in [0.1, 0.15) is 40.1 Å². The lowest BCUT2D eigenvalue weighted by Gasteiger charge is -2.12. The monoisotopic (exact) mass is 443 g/mol. The number of amides is 1. The molecule has 0 fully saturated rings. The smallest absolute Gasteiger partial charge is 0.258 e. The van der Waals surface area contributed by atoms with Gasteiger partial charge in [0.05, 0.1) is 6.54 Å². The predicted octanol–water partition coefficient (Wildman–Crippen LogP) is 4.26. The summed E-state index contributed by atoms with van der Waals surface area (Å²) in [6, 6.07) is 20.1. The minimum absolute atomic E-state index is 0.0213. The van der Waals surface area contributed by atoms with Crippen LogP contribution in [0.4, 0.5) is 0 Å². The SMILES string of the molecule is CC(=O)c1ccc(OCC(=O)NC[C@H]2Cc3cc(-c4ccccc4C(C)=O)ccc3O2)cc1. The molecule has 168 valence electrons. The molecule has 33 heavy (non-hydrogen) atoms. The molecule has 6 nitrogen and oxygen atoms in total.